The highest BCUT2D eigenvalue weighted by atomic mass is 32.1. The minimum Gasteiger partial charge on any atom is -0.454 e. The molecule has 0 saturated carbocycles. The second-order valence-electron chi connectivity index (χ2n) is 3.10. The van der Waals surface area contributed by atoms with Crippen LogP contribution in [0, 0.1) is 0 Å². The van der Waals surface area contributed by atoms with Gasteiger partial charge in [0, 0.05) is 6.54 Å². The van der Waals surface area contributed by atoms with Crippen LogP contribution >= 0.6 is 12.2 Å². The van der Waals surface area contributed by atoms with Gasteiger partial charge in [0.1, 0.15) is 0 Å². The van der Waals surface area contributed by atoms with Gasteiger partial charge >= 0.3 is 0 Å². The molecule has 74 valence electrons. The van der Waals surface area contributed by atoms with Gasteiger partial charge in [-0.15, -0.1) is 0 Å². The van der Waals surface area contributed by atoms with Gasteiger partial charge in [-0.1, -0.05) is 18.3 Å². The summed E-state index contributed by atoms with van der Waals surface area (Å²) in [6, 6.07) is 5.88. The molecular weight excluding hydrogens is 198 g/mol. The molecular formula is C10H11NO2S. The van der Waals surface area contributed by atoms with Gasteiger partial charge in [0.2, 0.25) is 6.79 Å². The number of nitrogens with one attached hydrogen (secondary N) is 1. The molecule has 0 amide bonds. The van der Waals surface area contributed by atoms with E-state index in [-0.39, 0.29) is 0 Å². The van der Waals surface area contributed by atoms with E-state index >= 15 is 0 Å². The Labute approximate surface area is 88.0 Å². The molecule has 0 fully saturated rings. The van der Waals surface area contributed by atoms with Gasteiger partial charge in [-0.3, -0.25) is 0 Å². The zero-order chi connectivity index (χ0) is 9.97. The van der Waals surface area contributed by atoms with Crippen LogP contribution in [0.4, 0.5) is 0 Å². The largest absolute Gasteiger partial charge is 0.454 e. The lowest BCUT2D eigenvalue weighted by atomic mass is 10.2. The molecule has 0 unspecified atom stereocenters. The van der Waals surface area contributed by atoms with Gasteiger partial charge < -0.3 is 14.8 Å². The third kappa shape index (κ3) is 1.96. The lowest BCUT2D eigenvalue weighted by Gasteiger charge is -2.04. The van der Waals surface area contributed by atoms with E-state index in [1.165, 1.54) is 0 Å². The predicted octanol–water partition coefficient (Wildman–Crippen LogP) is 1.85. The number of fused-ring (bicyclic) bond motifs is 1. The summed E-state index contributed by atoms with van der Waals surface area (Å²) in [6.45, 7) is 2.91. The maximum Gasteiger partial charge on any atom is 0.231 e. The first-order valence-corrected chi connectivity index (χ1v) is 4.79. The lowest BCUT2D eigenvalue weighted by molar-refractivity contribution is 0.174. The number of hydrogen-bond acceptors (Lipinski definition) is 3. The second kappa shape index (κ2) is 3.84. The third-order valence-corrected chi connectivity index (χ3v) is 2.12. The first kappa shape index (κ1) is 9.27. The third-order valence-electron chi connectivity index (χ3n) is 1.98. The summed E-state index contributed by atoms with van der Waals surface area (Å²) < 4.78 is 10.5. The quantitative estimate of drug-likeness (QED) is 0.753. The zero-order valence-corrected chi connectivity index (χ0v) is 8.69. The first-order valence-electron chi connectivity index (χ1n) is 4.38. The molecule has 0 radical (unpaired) electrons. The highest BCUT2D eigenvalue weighted by Crippen LogP contribution is 2.32. The van der Waals surface area contributed by atoms with Crippen molar-refractivity contribution in [1.82, 2.24) is 5.32 Å². The fourth-order valence-electron chi connectivity index (χ4n) is 1.28. The Morgan fingerprint density at radius 1 is 1.43 bits per heavy atom. The topological polar surface area (TPSA) is 30.5 Å². The van der Waals surface area contributed by atoms with Gasteiger partial charge in [-0.05, 0) is 24.6 Å². The van der Waals surface area contributed by atoms with Crippen molar-refractivity contribution in [2.24, 2.45) is 0 Å². The van der Waals surface area contributed by atoms with Gasteiger partial charge in [0.05, 0.1) is 4.99 Å². The van der Waals surface area contributed by atoms with Crippen LogP contribution in [0.5, 0.6) is 11.5 Å². The van der Waals surface area contributed by atoms with Gasteiger partial charge in [0.25, 0.3) is 0 Å². The van der Waals surface area contributed by atoms with E-state index in [9.17, 15) is 0 Å². The van der Waals surface area contributed by atoms with Gasteiger partial charge in [-0.2, -0.15) is 0 Å². The SMILES string of the molecule is CC(=S)NCc1ccc2c(c1)OCO2. The van der Waals surface area contributed by atoms with E-state index in [1.807, 2.05) is 25.1 Å². The lowest BCUT2D eigenvalue weighted by Crippen LogP contribution is -2.16. The van der Waals surface area contributed by atoms with Crippen LogP contribution in [0.3, 0.4) is 0 Å². The summed E-state index contributed by atoms with van der Waals surface area (Å²) >= 11 is 4.93. The molecule has 1 heterocycles. The van der Waals surface area contributed by atoms with E-state index in [4.69, 9.17) is 21.7 Å². The number of ether oxygens (including phenoxy) is 2. The Bertz CT molecular complexity index is 365. The molecule has 1 aliphatic heterocycles. The summed E-state index contributed by atoms with van der Waals surface area (Å²) in [5.74, 6) is 1.62. The summed E-state index contributed by atoms with van der Waals surface area (Å²) in [5.41, 5.74) is 1.14. The summed E-state index contributed by atoms with van der Waals surface area (Å²) in [4.78, 5) is 0.794. The molecule has 0 saturated heterocycles. The van der Waals surface area contributed by atoms with E-state index in [0.29, 0.717) is 6.79 Å². The van der Waals surface area contributed by atoms with Crippen molar-refractivity contribution >= 4 is 17.2 Å². The number of thiocarbonyl (C=S) groups is 1. The molecule has 1 aromatic carbocycles. The van der Waals surface area contributed by atoms with Crippen molar-refractivity contribution in [1.29, 1.82) is 0 Å². The van der Waals surface area contributed by atoms with E-state index in [0.717, 1.165) is 28.6 Å². The molecule has 0 atom stereocenters. The number of hydrogen-bond donors (Lipinski definition) is 1. The van der Waals surface area contributed by atoms with Crippen molar-refractivity contribution in [2.45, 2.75) is 13.5 Å². The molecule has 1 aliphatic rings. The van der Waals surface area contributed by atoms with Crippen LogP contribution < -0.4 is 14.8 Å². The minimum absolute atomic E-state index is 0.318. The van der Waals surface area contributed by atoms with Crippen molar-refractivity contribution in [3.63, 3.8) is 0 Å². The average Bonchev–Trinajstić information content (AvgIpc) is 2.61. The predicted molar refractivity (Wildman–Crippen MR) is 57.7 cm³/mol. The Kier molecular flexibility index (Phi) is 2.54. The number of benzene rings is 1. The fourth-order valence-corrected chi connectivity index (χ4v) is 1.35. The molecule has 2 rings (SSSR count). The molecule has 0 aliphatic carbocycles. The van der Waals surface area contributed by atoms with Crippen molar-refractivity contribution in [3.05, 3.63) is 23.8 Å². The molecule has 0 spiro atoms. The molecule has 0 bridgehead atoms. The van der Waals surface area contributed by atoms with Crippen LogP contribution in [0.15, 0.2) is 18.2 Å². The average molecular weight is 209 g/mol. The Hall–Kier alpha value is -1.29. The summed E-state index contributed by atoms with van der Waals surface area (Å²) in [7, 11) is 0. The van der Waals surface area contributed by atoms with Crippen LogP contribution in [0.2, 0.25) is 0 Å². The van der Waals surface area contributed by atoms with Crippen LogP contribution in [0.1, 0.15) is 12.5 Å². The number of rotatable bonds is 2. The molecule has 4 heteroatoms. The molecule has 1 N–H and O–H groups in total. The standard InChI is InChI=1S/C10H11NO2S/c1-7(14)11-5-8-2-3-9-10(4-8)13-6-12-9/h2-4H,5-6H2,1H3,(H,11,14). The maximum atomic E-state index is 5.26. The van der Waals surface area contributed by atoms with E-state index in [2.05, 4.69) is 5.32 Å². The maximum absolute atomic E-state index is 5.26. The Morgan fingerprint density at radius 2 is 2.21 bits per heavy atom. The highest BCUT2D eigenvalue weighted by molar-refractivity contribution is 7.80. The highest BCUT2D eigenvalue weighted by Gasteiger charge is 2.12. The summed E-state index contributed by atoms with van der Waals surface area (Å²) in [5, 5.41) is 3.09. The monoisotopic (exact) mass is 209 g/mol. The summed E-state index contributed by atoms with van der Waals surface area (Å²) in [6.07, 6.45) is 0. The zero-order valence-electron chi connectivity index (χ0n) is 7.87. The smallest absolute Gasteiger partial charge is 0.231 e. The molecule has 14 heavy (non-hydrogen) atoms. The fraction of sp³-hybridized carbons (Fsp3) is 0.300. The van der Waals surface area contributed by atoms with Gasteiger partial charge in [0.15, 0.2) is 11.5 Å². The second-order valence-corrected chi connectivity index (χ2v) is 3.71. The Morgan fingerprint density at radius 3 is 3.00 bits per heavy atom. The minimum atomic E-state index is 0.318. The van der Waals surface area contributed by atoms with E-state index < -0.39 is 0 Å². The van der Waals surface area contributed by atoms with E-state index in [1.54, 1.807) is 0 Å². The van der Waals surface area contributed by atoms with Crippen molar-refractivity contribution in [2.75, 3.05) is 6.79 Å². The Balaban J connectivity index is 2.09. The van der Waals surface area contributed by atoms with Crippen LogP contribution in [-0.4, -0.2) is 11.8 Å². The normalized spacial score (nSPS) is 12.6. The van der Waals surface area contributed by atoms with Crippen LogP contribution in [-0.2, 0) is 6.54 Å². The van der Waals surface area contributed by atoms with Crippen LogP contribution in [0.25, 0.3) is 0 Å². The molecule has 1 aromatic rings. The van der Waals surface area contributed by atoms with Crippen molar-refractivity contribution in [3.8, 4) is 11.5 Å². The molecule has 0 aromatic heterocycles. The van der Waals surface area contributed by atoms with Crippen molar-refractivity contribution < 1.29 is 9.47 Å². The molecule has 3 nitrogen and oxygen atoms in total. The van der Waals surface area contributed by atoms with Gasteiger partial charge in [-0.25, -0.2) is 0 Å². The first-order chi connectivity index (χ1) is 6.75.